The molecule has 7 heteroatoms. The van der Waals surface area contributed by atoms with E-state index in [-0.39, 0.29) is 5.91 Å². The number of thioether (sulfide) groups is 1. The van der Waals surface area contributed by atoms with Crippen LogP contribution in [-0.2, 0) is 4.79 Å². The van der Waals surface area contributed by atoms with Gasteiger partial charge in [0, 0.05) is 29.7 Å². The first-order valence-electron chi connectivity index (χ1n) is 10.5. The number of nitrogens with one attached hydrogen (secondary N) is 1. The third kappa shape index (κ3) is 4.56. The smallest absolute Gasteiger partial charge is 0.234 e. The molecule has 2 heterocycles. The highest BCUT2D eigenvalue weighted by Crippen LogP contribution is 2.38. The fourth-order valence-electron chi connectivity index (χ4n) is 4.08. The lowest BCUT2D eigenvalue weighted by atomic mass is 9.85. The molecule has 4 rings (SSSR count). The van der Waals surface area contributed by atoms with Gasteiger partial charge in [-0.25, -0.2) is 0 Å². The molecule has 2 atom stereocenters. The Morgan fingerprint density at radius 3 is 2.77 bits per heavy atom. The Kier molecular flexibility index (Phi) is 6.47. The maximum Gasteiger partial charge on any atom is 0.234 e. The number of carbonyl (C=O) groups is 1. The summed E-state index contributed by atoms with van der Waals surface area (Å²) < 4.78 is 2.24. The van der Waals surface area contributed by atoms with Gasteiger partial charge in [0.25, 0.3) is 0 Å². The Morgan fingerprint density at radius 1 is 1.17 bits per heavy atom. The molecule has 1 saturated carbocycles. The van der Waals surface area contributed by atoms with Gasteiger partial charge in [-0.1, -0.05) is 49.7 Å². The Balaban J connectivity index is 1.56. The van der Waals surface area contributed by atoms with Gasteiger partial charge >= 0.3 is 0 Å². The molecule has 6 nitrogen and oxygen atoms in total. The number of amides is 1. The van der Waals surface area contributed by atoms with Crippen LogP contribution in [0.1, 0.15) is 44.2 Å². The van der Waals surface area contributed by atoms with Crippen LogP contribution in [0.4, 0.5) is 5.69 Å². The molecule has 0 radical (unpaired) electrons. The van der Waals surface area contributed by atoms with Crippen molar-refractivity contribution in [3.63, 3.8) is 0 Å². The van der Waals surface area contributed by atoms with E-state index in [1.54, 1.807) is 6.20 Å². The van der Waals surface area contributed by atoms with Crippen molar-refractivity contribution in [2.24, 2.45) is 5.92 Å². The molecule has 2 aromatic heterocycles. The van der Waals surface area contributed by atoms with Crippen LogP contribution >= 0.6 is 11.8 Å². The molecule has 156 valence electrons. The summed E-state index contributed by atoms with van der Waals surface area (Å²) in [6, 6.07) is 12.1. The Bertz CT molecular complexity index is 1000. The molecule has 30 heavy (non-hydrogen) atoms. The van der Waals surface area contributed by atoms with E-state index in [4.69, 9.17) is 0 Å². The maximum absolute atomic E-state index is 12.6. The van der Waals surface area contributed by atoms with Gasteiger partial charge in [-0.15, -0.1) is 10.2 Å². The van der Waals surface area contributed by atoms with E-state index in [2.05, 4.69) is 32.0 Å². The molecular formula is C23H27N5OS. The van der Waals surface area contributed by atoms with Gasteiger partial charge in [0.05, 0.1) is 5.75 Å². The monoisotopic (exact) mass is 421 g/mol. The van der Waals surface area contributed by atoms with Gasteiger partial charge in [0.15, 0.2) is 11.0 Å². The van der Waals surface area contributed by atoms with Gasteiger partial charge in [0.1, 0.15) is 0 Å². The number of hydrogen-bond donors (Lipinski definition) is 1. The van der Waals surface area contributed by atoms with Crippen molar-refractivity contribution in [3.8, 4) is 11.4 Å². The van der Waals surface area contributed by atoms with Crippen LogP contribution in [0.15, 0.2) is 53.9 Å². The van der Waals surface area contributed by atoms with E-state index in [1.807, 2.05) is 49.5 Å². The molecule has 1 fully saturated rings. The second kappa shape index (κ2) is 9.43. The highest BCUT2D eigenvalue weighted by Gasteiger charge is 2.29. The molecule has 1 N–H and O–H groups in total. The first-order valence-corrected chi connectivity index (χ1v) is 11.5. The van der Waals surface area contributed by atoms with Crippen LogP contribution in [0.5, 0.6) is 0 Å². The SMILES string of the molecule is Cc1ccccc1NC(=O)CSc1nnc(-c2cccnc2)n1C1CCCCC1C. The molecule has 3 aromatic rings. The molecule has 1 aromatic carbocycles. The van der Waals surface area contributed by atoms with E-state index in [9.17, 15) is 4.79 Å². The minimum atomic E-state index is -0.0385. The molecule has 1 aliphatic rings. The lowest BCUT2D eigenvalue weighted by Crippen LogP contribution is -2.23. The quantitative estimate of drug-likeness (QED) is 0.559. The molecule has 0 saturated heterocycles. The van der Waals surface area contributed by atoms with Crippen LogP contribution in [0.2, 0.25) is 0 Å². The fourth-order valence-corrected chi connectivity index (χ4v) is 4.87. The van der Waals surface area contributed by atoms with Crippen molar-refractivity contribution in [1.82, 2.24) is 19.7 Å². The predicted octanol–water partition coefficient (Wildman–Crippen LogP) is 5.13. The number of nitrogens with zero attached hydrogens (tertiary/aromatic N) is 4. The van der Waals surface area contributed by atoms with Crippen LogP contribution in [-0.4, -0.2) is 31.4 Å². The van der Waals surface area contributed by atoms with Gasteiger partial charge in [-0.2, -0.15) is 0 Å². The van der Waals surface area contributed by atoms with Crippen molar-refractivity contribution in [2.45, 2.75) is 50.7 Å². The van der Waals surface area contributed by atoms with Crippen molar-refractivity contribution in [2.75, 3.05) is 11.1 Å². The largest absolute Gasteiger partial charge is 0.325 e. The Hall–Kier alpha value is -2.67. The summed E-state index contributed by atoms with van der Waals surface area (Å²) in [6.07, 6.45) is 8.37. The number of hydrogen-bond acceptors (Lipinski definition) is 5. The average Bonchev–Trinajstić information content (AvgIpc) is 3.18. The summed E-state index contributed by atoms with van der Waals surface area (Å²) in [5, 5.41) is 12.8. The third-order valence-electron chi connectivity index (χ3n) is 5.73. The molecule has 1 aliphatic carbocycles. The average molecular weight is 422 g/mol. The van der Waals surface area contributed by atoms with Crippen LogP contribution in [0, 0.1) is 12.8 Å². The Morgan fingerprint density at radius 2 is 2.00 bits per heavy atom. The minimum Gasteiger partial charge on any atom is -0.325 e. The lowest BCUT2D eigenvalue weighted by Gasteiger charge is -2.31. The number of pyridine rings is 1. The summed E-state index contributed by atoms with van der Waals surface area (Å²) in [5.41, 5.74) is 2.86. The van der Waals surface area contributed by atoms with Crippen LogP contribution in [0.25, 0.3) is 11.4 Å². The normalized spacial score (nSPS) is 18.9. The zero-order chi connectivity index (χ0) is 20.9. The number of anilines is 1. The van der Waals surface area contributed by atoms with E-state index in [0.29, 0.717) is 17.7 Å². The highest BCUT2D eigenvalue weighted by atomic mass is 32.2. The summed E-state index contributed by atoms with van der Waals surface area (Å²) in [5.74, 6) is 1.64. The molecule has 0 spiro atoms. The standard InChI is InChI=1S/C23H27N5OS/c1-16-8-3-5-11-19(16)25-21(29)15-30-23-27-26-22(18-10-7-13-24-14-18)28(23)20-12-6-4-9-17(20)2/h3,5,7-8,10-11,13-14,17,20H,4,6,9,12,15H2,1-2H3,(H,25,29). The van der Waals surface area contributed by atoms with E-state index in [1.165, 1.54) is 31.0 Å². The first-order chi connectivity index (χ1) is 14.6. The lowest BCUT2D eigenvalue weighted by molar-refractivity contribution is -0.113. The number of rotatable bonds is 6. The number of carbonyl (C=O) groups excluding carboxylic acids is 1. The Labute approximate surface area is 181 Å². The second-order valence-corrected chi connectivity index (χ2v) is 8.84. The van der Waals surface area contributed by atoms with Crippen molar-refractivity contribution in [1.29, 1.82) is 0 Å². The molecule has 0 aliphatic heterocycles. The first kappa shape index (κ1) is 20.6. The van der Waals surface area contributed by atoms with Gasteiger partial charge in [-0.05, 0) is 49.4 Å². The van der Waals surface area contributed by atoms with Crippen LogP contribution < -0.4 is 5.32 Å². The van der Waals surface area contributed by atoms with E-state index < -0.39 is 0 Å². The van der Waals surface area contributed by atoms with Crippen LogP contribution in [0.3, 0.4) is 0 Å². The summed E-state index contributed by atoms with van der Waals surface area (Å²) in [7, 11) is 0. The zero-order valence-electron chi connectivity index (χ0n) is 17.4. The van der Waals surface area contributed by atoms with E-state index >= 15 is 0 Å². The number of aromatic nitrogens is 4. The summed E-state index contributed by atoms with van der Waals surface area (Å²) >= 11 is 1.45. The fraction of sp³-hybridized carbons (Fsp3) is 0.391. The molecule has 0 bridgehead atoms. The molecule has 1 amide bonds. The van der Waals surface area contributed by atoms with Crippen molar-refractivity contribution >= 4 is 23.4 Å². The number of aryl methyl sites for hydroxylation is 1. The van der Waals surface area contributed by atoms with Crippen molar-refractivity contribution in [3.05, 3.63) is 54.4 Å². The molecular weight excluding hydrogens is 394 g/mol. The topological polar surface area (TPSA) is 72.7 Å². The second-order valence-electron chi connectivity index (χ2n) is 7.90. The minimum absolute atomic E-state index is 0.0385. The number of benzene rings is 1. The maximum atomic E-state index is 12.6. The van der Waals surface area contributed by atoms with E-state index in [0.717, 1.165) is 34.2 Å². The van der Waals surface area contributed by atoms with Gasteiger partial charge in [0.2, 0.25) is 5.91 Å². The molecule has 2 unspecified atom stereocenters. The third-order valence-corrected chi connectivity index (χ3v) is 6.68. The zero-order valence-corrected chi connectivity index (χ0v) is 18.2. The predicted molar refractivity (Wildman–Crippen MR) is 120 cm³/mol. The van der Waals surface area contributed by atoms with Gasteiger partial charge in [-0.3, -0.25) is 14.3 Å². The van der Waals surface area contributed by atoms with Crippen molar-refractivity contribution < 1.29 is 4.79 Å². The number of para-hydroxylation sites is 1. The van der Waals surface area contributed by atoms with Gasteiger partial charge < -0.3 is 5.32 Å². The summed E-state index contributed by atoms with van der Waals surface area (Å²) in [4.78, 5) is 16.8. The highest BCUT2D eigenvalue weighted by molar-refractivity contribution is 7.99. The summed E-state index contributed by atoms with van der Waals surface area (Å²) in [6.45, 7) is 4.29.